The number of hydrogen-bond acceptors (Lipinski definition) is 6. The molecule has 1 saturated carbocycles. The van der Waals surface area contributed by atoms with Crippen molar-refractivity contribution >= 4 is 29.6 Å². The second kappa shape index (κ2) is 7.42. The number of rotatable bonds is 5. The van der Waals surface area contributed by atoms with Gasteiger partial charge in [-0.05, 0) is 31.9 Å². The van der Waals surface area contributed by atoms with Crippen molar-refractivity contribution in [3.8, 4) is 0 Å². The first-order valence-electron chi connectivity index (χ1n) is 9.90. The number of hydrogen-bond donors (Lipinski definition) is 0. The van der Waals surface area contributed by atoms with E-state index in [4.69, 9.17) is 4.74 Å². The van der Waals surface area contributed by atoms with Gasteiger partial charge in [-0.15, -0.1) is 0 Å². The summed E-state index contributed by atoms with van der Waals surface area (Å²) in [6, 6.07) is 5.48. The summed E-state index contributed by atoms with van der Waals surface area (Å²) in [5.74, 6) is -2.84. The topological polar surface area (TPSA) is 101 Å². The van der Waals surface area contributed by atoms with E-state index in [2.05, 4.69) is 0 Å². The monoisotopic (exact) mass is 398 g/mol. The van der Waals surface area contributed by atoms with Crippen molar-refractivity contribution in [2.24, 2.45) is 11.8 Å². The lowest BCUT2D eigenvalue weighted by atomic mass is 9.81. The summed E-state index contributed by atoms with van der Waals surface area (Å²) in [7, 11) is 0. The van der Waals surface area contributed by atoms with Crippen LogP contribution in [-0.4, -0.2) is 58.6 Å². The molecule has 152 valence electrons. The van der Waals surface area contributed by atoms with Crippen molar-refractivity contribution in [3.05, 3.63) is 35.4 Å². The second-order valence-corrected chi connectivity index (χ2v) is 7.69. The molecule has 1 aromatic rings. The Morgan fingerprint density at radius 2 is 1.52 bits per heavy atom. The Morgan fingerprint density at radius 1 is 1.00 bits per heavy atom. The fourth-order valence-corrected chi connectivity index (χ4v) is 4.48. The van der Waals surface area contributed by atoms with Crippen molar-refractivity contribution in [3.63, 3.8) is 0 Å². The van der Waals surface area contributed by atoms with Gasteiger partial charge in [0, 0.05) is 0 Å². The van der Waals surface area contributed by atoms with Gasteiger partial charge in [-0.25, -0.2) is 4.79 Å². The highest BCUT2D eigenvalue weighted by Gasteiger charge is 2.51. The van der Waals surface area contributed by atoms with Gasteiger partial charge < -0.3 is 4.74 Å². The quantitative estimate of drug-likeness (QED) is 0.549. The average Bonchev–Trinajstić information content (AvgIpc) is 3.13. The number of imide groups is 2. The summed E-state index contributed by atoms with van der Waals surface area (Å²) < 4.78 is 5.19. The maximum Gasteiger partial charge on any atom is 0.329 e. The first-order valence-corrected chi connectivity index (χ1v) is 9.90. The smallest absolute Gasteiger partial charge is 0.329 e. The summed E-state index contributed by atoms with van der Waals surface area (Å²) in [5.41, 5.74) is 0.654. The second-order valence-electron chi connectivity index (χ2n) is 7.69. The maximum absolute atomic E-state index is 12.6. The van der Waals surface area contributed by atoms with Gasteiger partial charge in [-0.3, -0.25) is 29.0 Å². The number of amides is 4. The third kappa shape index (κ3) is 3.12. The van der Waals surface area contributed by atoms with Crippen LogP contribution in [0, 0.1) is 11.8 Å². The number of esters is 1. The molecule has 1 aromatic carbocycles. The Morgan fingerprint density at radius 3 is 2.03 bits per heavy atom. The van der Waals surface area contributed by atoms with Crippen molar-refractivity contribution in [2.75, 3.05) is 13.2 Å². The SMILES string of the molecule is C[C@@H](C(=O)OCCN1C(=O)c2ccccc2C1=O)N1C(=O)[C@H]2CCCC[C@@H]2C1=O. The van der Waals surface area contributed by atoms with Crippen LogP contribution in [0.2, 0.25) is 0 Å². The number of benzene rings is 1. The molecule has 0 radical (unpaired) electrons. The third-order valence-corrected chi connectivity index (χ3v) is 6.04. The predicted octanol–water partition coefficient (Wildman–Crippen LogP) is 1.39. The summed E-state index contributed by atoms with van der Waals surface area (Å²) in [5, 5.41) is 0. The van der Waals surface area contributed by atoms with Gasteiger partial charge in [0.2, 0.25) is 11.8 Å². The molecule has 8 nitrogen and oxygen atoms in total. The summed E-state index contributed by atoms with van der Waals surface area (Å²) in [6.07, 6.45) is 3.17. The first-order chi connectivity index (χ1) is 13.9. The normalized spacial score (nSPS) is 24.6. The van der Waals surface area contributed by atoms with Gasteiger partial charge in [0.05, 0.1) is 29.5 Å². The van der Waals surface area contributed by atoms with Crippen LogP contribution in [0.25, 0.3) is 0 Å². The van der Waals surface area contributed by atoms with Crippen molar-refractivity contribution in [1.82, 2.24) is 9.80 Å². The minimum Gasteiger partial charge on any atom is -0.462 e. The summed E-state index contributed by atoms with van der Waals surface area (Å²) in [4.78, 5) is 64.3. The Kier molecular flexibility index (Phi) is 4.94. The molecule has 0 N–H and O–H groups in total. The van der Waals surface area contributed by atoms with E-state index in [1.165, 1.54) is 6.92 Å². The molecular weight excluding hydrogens is 376 g/mol. The molecule has 4 rings (SSSR count). The highest BCUT2D eigenvalue weighted by Crippen LogP contribution is 2.38. The Bertz CT molecular complexity index is 851. The highest BCUT2D eigenvalue weighted by molar-refractivity contribution is 6.21. The summed E-state index contributed by atoms with van der Waals surface area (Å²) >= 11 is 0. The molecule has 3 atom stereocenters. The number of carbonyl (C=O) groups excluding carboxylic acids is 5. The van der Waals surface area contributed by atoms with E-state index in [9.17, 15) is 24.0 Å². The largest absolute Gasteiger partial charge is 0.462 e. The van der Waals surface area contributed by atoms with E-state index < -0.39 is 23.8 Å². The molecule has 0 unspecified atom stereocenters. The lowest BCUT2D eigenvalue weighted by molar-refractivity contribution is -0.158. The molecule has 29 heavy (non-hydrogen) atoms. The van der Waals surface area contributed by atoms with Crippen molar-refractivity contribution < 1.29 is 28.7 Å². The van der Waals surface area contributed by atoms with Crippen LogP contribution in [-0.2, 0) is 19.1 Å². The van der Waals surface area contributed by atoms with E-state index in [1.54, 1.807) is 24.3 Å². The average molecular weight is 398 g/mol. The number of nitrogens with zero attached hydrogens (tertiary/aromatic N) is 2. The molecule has 8 heteroatoms. The van der Waals surface area contributed by atoms with Gasteiger partial charge in [0.15, 0.2) is 0 Å². The zero-order valence-electron chi connectivity index (χ0n) is 16.1. The van der Waals surface area contributed by atoms with Gasteiger partial charge in [-0.2, -0.15) is 0 Å². The van der Waals surface area contributed by atoms with Crippen LogP contribution >= 0.6 is 0 Å². The van der Waals surface area contributed by atoms with Gasteiger partial charge >= 0.3 is 5.97 Å². The Labute approximate surface area is 167 Å². The van der Waals surface area contributed by atoms with Crippen LogP contribution in [0.4, 0.5) is 0 Å². The predicted molar refractivity (Wildman–Crippen MR) is 99.5 cm³/mol. The standard InChI is InChI=1S/C21H22N2O6/c1-12(23-19(26)15-8-4-5-9-16(15)20(23)27)21(28)29-11-10-22-17(24)13-6-2-3-7-14(13)18(22)25/h2-3,6-7,12,15-16H,4-5,8-11H2,1H3/t12-,15-,16-/m0/s1. The minimum atomic E-state index is -1.03. The van der Waals surface area contributed by atoms with Crippen LogP contribution in [0.3, 0.4) is 0 Å². The van der Waals surface area contributed by atoms with Crippen LogP contribution < -0.4 is 0 Å². The number of fused-ring (bicyclic) bond motifs is 2. The molecule has 1 saturated heterocycles. The van der Waals surface area contributed by atoms with Crippen LogP contribution in [0.15, 0.2) is 24.3 Å². The van der Waals surface area contributed by atoms with E-state index >= 15 is 0 Å². The lowest BCUT2D eigenvalue weighted by Crippen LogP contribution is -2.45. The zero-order valence-corrected chi connectivity index (χ0v) is 16.1. The van der Waals surface area contributed by atoms with Crippen molar-refractivity contribution in [1.29, 1.82) is 0 Å². The molecule has 3 aliphatic rings. The third-order valence-electron chi connectivity index (χ3n) is 6.04. The Hall–Kier alpha value is -3.03. The fraction of sp³-hybridized carbons (Fsp3) is 0.476. The zero-order chi connectivity index (χ0) is 20.7. The lowest BCUT2D eigenvalue weighted by Gasteiger charge is -2.22. The number of likely N-dealkylation sites (tertiary alicyclic amines) is 1. The molecule has 2 heterocycles. The van der Waals surface area contributed by atoms with Crippen LogP contribution in [0.1, 0.15) is 53.3 Å². The van der Waals surface area contributed by atoms with Gasteiger partial charge in [-0.1, -0.05) is 25.0 Å². The molecular formula is C21H22N2O6. The molecule has 0 bridgehead atoms. The van der Waals surface area contributed by atoms with Gasteiger partial charge in [0.1, 0.15) is 12.6 Å². The fourth-order valence-electron chi connectivity index (χ4n) is 4.48. The van der Waals surface area contributed by atoms with E-state index in [-0.39, 0.29) is 36.8 Å². The van der Waals surface area contributed by atoms with E-state index in [1.807, 2.05) is 0 Å². The molecule has 2 fully saturated rings. The number of carbonyl (C=O) groups is 5. The van der Waals surface area contributed by atoms with E-state index in [0.29, 0.717) is 24.0 Å². The molecule has 1 aliphatic carbocycles. The van der Waals surface area contributed by atoms with Gasteiger partial charge in [0.25, 0.3) is 11.8 Å². The highest BCUT2D eigenvalue weighted by atomic mass is 16.5. The molecule has 0 spiro atoms. The minimum absolute atomic E-state index is 0.0854. The van der Waals surface area contributed by atoms with E-state index in [0.717, 1.165) is 22.6 Å². The summed E-state index contributed by atoms with van der Waals surface area (Å²) in [6.45, 7) is 1.19. The van der Waals surface area contributed by atoms with Crippen molar-refractivity contribution in [2.45, 2.75) is 38.6 Å². The Balaban J connectivity index is 1.35. The molecule has 2 aliphatic heterocycles. The van der Waals surface area contributed by atoms with Crippen LogP contribution in [0.5, 0.6) is 0 Å². The molecule has 4 amide bonds. The maximum atomic E-state index is 12.6. The first kappa shape index (κ1) is 19.3. The molecule has 0 aromatic heterocycles. The number of ether oxygens (including phenoxy) is 1.